The van der Waals surface area contributed by atoms with Gasteiger partial charge in [-0.3, -0.25) is 9.80 Å². The van der Waals surface area contributed by atoms with Crippen LogP contribution in [0.25, 0.3) is 0 Å². The van der Waals surface area contributed by atoms with E-state index in [-0.39, 0.29) is 6.04 Å². The molecule has 2 aliphatic rings. The molecular weight excluding hydrogens is 264 g/mol. The van der Waals surface area contributed by atoms with Gasteiger partial charge in [0.2, 0.25) is 0 Å². The third-order valence-electron chi connectivity index (χ3n) is 5.48. The topological polar surface area (TPSA) is 65.1 Å². The molecule has 0 aromatic rings. The smallest absolute Gasteiger partial charge is 0.156 e. The first kappa shape index (κ1) is 16.6. The lowest BCUT2D eigenvalue weighted by Gasteiger charge is -2.44. The van der Waals surface area contributed by atoms with Crippen LogP contribution in [0.2, 0.25) is 0 Å². The summed E-state index contributed by atoms with van der Waals surface area (Å²) in [5.74, 6) is 1.29. The Labute approximate surface area is 129 Å². The van der Waals surface area contributed by atoms with Crippen molar-refractivity contribution >= 4 is 5.84 Å². The predicted octanol–water partition coefficient (Wildman–Crippen LogP) is 2.10. The molecule has 1 saturated heterocycles. The molecule has 3 atom stereocenters. The predicted molar refractivity (Wildman–Crippen MR) is 86.7 cm³/mol. The Hall–Kier alpha value is -0.810. The van der Waals surface area contributed by atoms with Crippen LogP contribution in [0.4, 0.5) is 0 Å². The average molecular weight is 296 g/mol. The van der Waals surface area contributed by atoms with E-state index in [1.807, 2.05) is 0 Å². The second kappa shape index (κ2) is 7.99. The molecule has 2 rings (SSSR count). The molecule has 2 fully saturated rings. The first-order valence-corrected chi connectivity index (χ1v) is 8.65. The Bertz CT molecular complexity index is 339. The third-order valence-corrected chi connectivity index (χ3v) is 5.48. The quantitative estimate of drug-likeness (QED) is 0.353. The highest BCUT2D eigenvalue weighted by atomic mass is 16.4. The largest absolute Gasteiger partial charge is 0.409 e. The lowest BCUT2D eigenvalue weighted by Crippen LogP contribution is -2.56. The summed E-state index contributed by atoms with van der Waals surface area (Å²) in [5, 5.41) is 12.1. The van der Waals surface area contributed by atoms with Crippen molar-refractivity contribution in [3.63, 3.8) is 0 Å². The fourth-order valence-corrected chi connectivity index (χ4v) is 4.10. The molecule has 0 aromatic heterocycles. The number of hydrogen-bond acceptors (Lipinski definition) is 4. The SMILES string of the molecule is CCC1CCCC(N2CCN(C(CC)C(N)=NO)CC2)C1. The van der Waals surface area contributed by atoms with E-state index in [0.717, 1.165) is 44.6 Å². The summed E-state index contributed by atoms with van der Waals surface area (Å²) < 4.78 is 0. The molecule has 0 spiro atoms. The zero-order valence-corrected chi connectivity index (χ0v) is 13.7. The molecule has 1 saturated carbocycles. The molecule has 1 aliphatic heterocycles. The summed E-state index contributed by atoms with van der Waals surface area (Å²) in [6, 6.07) is 0.877. The number of nitrogens with zero attached hydrogens (tertiary/aromatic N) is 3. The Morgan fingerprint density at radius 1 is 1.24 bits per heavy atom. The highest BCUT2D eigenvalue weighted by Crippen LogP contribution is 2.30. The van der Waals surface area contributed by atoms with Crippen molar-refractivity contribution in [2.24, 2.45) is 16.8 Å². The van der Waals surface area contributed by atoms with Crippen molar-refractivity contribution < 1.29 is 5.21 Å². The summed E-state index contributed by atoms with van der Waals surface area (Å²) in [6.07, 6.45) is 7.80. The molecule has 0 amide bonds. The zero-order chi connectivity index (χ0) is 15.2. The van der Waals surface area contributed by atoms with Crippen molar-refractivity contribution in [2.45, 2.75) is 64.5 Å². The van der Waals surface area contributed by atoms with Crippen LogP contribution in [0.5, 0.6) is 0 Å². The van der Waals surface area contributed by atoms with Crippen molar-refractivity contribution in [3.8, 4) is 0 Å². The van der Waals surface area contributed by atoms with Gasteiger partial charge >= 0.3 is 0 Å². The first-order chi connectivity index (χ1) is 10.2. The second-order valence-corrected chi connectivity index (χ2v) is 6.62. The summed E-state index contributed by atoms with van der Waals surface area (Å²) in [7, 11) is 0. The monoisotopic (exact) mass is 296 g/mol. The van der Waals surface area contributed by atoms with Crippen LogP contribution in [0, 0.1) is 5.92 Å². The van der Waals surface area contributed by atoms with Crippen LogP contribution in [0.1, 0.15) is 52.4 Å². The van der Waals surface area contributed by atoms with Gasteiger partial charge < -0.3 is 10.9 Å². The van der Waals surface area contributed by atoms with Crippen LogP contribution >= 0.6 is 0 Å². The van der Waals surface area contributed by atoms with Crippen LogP contribution in [-0.2, 0) is 0 Å². The molecule has 0 aromatic carbocycles. The zero-order valence-electron chi connectivity index (χ0n) is 13.7. The minimum absolute atomic E-state index is 0.0897. The lowest BCUT2D eigenvalue weighted by atomic mass is 9.83. The van der Waals surface area contributed by atoms with Crippen LogP contribution in [-0.4, -0.2) is 59.1 Å². The highest BCUT2D eigenvalue weighted by Gasteiger charge is 2.31. The second-order valence-electron chi connectivity index (χ2n) is 6.62. The Morgan fingerprint density at radius 2 is 1.95 bits per heavy atom. The number of hydrogen-bond donors (Lipinski definition) is 2. The number of oxime groups is 1. The summed E-state index contributed by atoms with van der Waals surface area (Å²) in [6.45, 7) is 8.73. The fraction of sp³-hybridized carbons (Fsp3) is 0.938. The van der Waals surface area contributed by atoms with Gasteiger partial charge in [0, 0.05) is 32.2 Å². The summed E-state index contributed by atoms with van der Waals surface area (Å²) in [4.78, 5) is 5.04. The Balaban J connectivity index is 1.85. The Morgan fingerprint density at radius 3 is 2.52 bits per heavy atom. The molecule has 3 unspecified atom stereocenters. The fourth-order valence-electron chi connectivity index (χ4n) is 4.10. The van der Waals surface area contributed by atoms with E-state index in [2.05, 4.69) is 28.8 Å². The van der Waals surface area contributed by atoms with E-state index >= 15 is 0 Å². The lowest BCUT2D eigenvalue weighted by molar-refractivity contribution is 0.0573. The molecule has 122 valence electrons. The maximum absolute atomic E-state index is 8.90. The van der Waals surface area contributed by atoms with Gasteiger partial charge in [0.15, 0.2) is 5.84 Å². The van der Waals surface area contributed by atoms with Gasteiger partial charge in [-0.25, -0.2) is 0 Å². The highest BCUT2D eigenvalue weighted by molar-refractivity contribution is 5.85. The number of piperazine rings is 1. The van der Waals surface area contributed by atoms with Gasteiger partial charge in [-0.2, -0.15) is 0 Å². The van der Waals surface area contributed by atoms with Crippen LogP contribution in [0.15, 0.2) is 5.16 Å². The molecule has 21 heavy (non-hydrogen) atoms. The van der Waals surface area contributed by atoms with Crippen molar-refractivity contribution in [2.75, 3.05) is 26.2 Å². The summed E-state index contributed by atoms with van der Waals surface area (Å²) >= 11 is 0. The van der Waals surface area contributed by atoms with Gasteiger partial charge in [-0.1, -0.05) is 38.3 Å². The van der Waals surface area contributed by atoms with Crippen LogP contribution < -0.4 is 5.73 Å². The maximum atomic E-state index is 8.90. The van der Waals surface area contributed by atoms with E-state index < -0.39 is 0 Å². The van der Waals surface area contributed by atoms with E-state index in [9.17, 15) is 0 Å². The summed E-state index contributed by atoms with van der Waals surface area (Å²) in [5.41, 5.74) is 5.82. The molecular formula is C16H32N4O. The minimum Gasteiger partial charge on any atom is -0.409 e. The van der Waals surface area contributed by atoms with Gasteiger partial charge in [0.25, 0.3) is 0 Å². The molecule has 0 bridgehead atoms. The molecule has 5 heteroatoms. The normalized spacial score (nSPS) is 31.2. The number of rotatable bonds is 5. The standard InChI is InChI=1S/C16H32N4O/c1-3-13-6-5-7-14(12-13)19-8-10-20(11-9-19)15(4-2)16(17)18-21/h13-15,21H,3-12H2,1-2H3,(H2,17,18). The maximum Gasteiger partial charge on any atom is 0.156 e. The van der Waals surface area contributed by atoms with Crippen molar-refractivity contribution in [1.29, 1.82) is 0 Å². The van der Waals surface area contributed by atoms with E-state index in [1.165, 1.54) is 32.1 Å². The van der Waals surface area contributed by atoms with Gasteiger partial charge in [-0.05, 0) is 25.2 Å². The van der Waals surface area contributed by atoms with Crippen LogP contribution in [0.3, 0.4) is 0 Å². The third kappa shape index (κ3) is 4.10. The number of nitrogens with two attached hydrogens (primary N) is 1. The molecule has 5 nitrogen and oxygen atoms in total. The van der Waals surface area contributed by atoms with Crippen molar-refractivity contribution in [3.05, 3.63) is 0 Å². The van der Waals surface area contributed by atoms with Crippen molar-refractivity contribution in [1.82, 2.24) is 9.80 Å². The van der Waals surface area contributed by atoms with Gasteiger partial charge in [0.1, 0.15) is 0 Å². The molecule has 3 N–H and O–H groups in total. The molecule has 1 aliphatic carbocycles. The average Bonchev–Trinajstić information content (AvgIpc) is 2.56. The van der Waals surface area contributed by atoms with E-state index in [0.29, 0.717) is 5.84 Å². The van der Waals surface area contributed by atoms with Gasteiger partial charge in [0.05, 0.1) is 6.04 Å². The molecule has 0 radical (unpaired) electrons. The Kier molecular flexibility index (Phi) is 6.30. The van der Waals surface area contributed by atoms with E-state index in [4.69, 9.17) is 10.9 Å². The molecule has 1 heterocycles. The van der Waals surface area contributed by atoms with Gasteiger partial charge in [-0.15, -0.1) is 0 Å². The first-order valence-electron chi connectivity index (χ1n) is 8.65. The number of amidine groups is 1. The van der Waals surface area contributed by atoms with E-state index in [1.54, 1.807) is 0 Å². The minimum atomic E-state index is 0.0897.